The van der Waals surface area contributed by atoms with Gasteiger partial charge in [-0.15, -0.1) is 0 Å². The van der Waals surface area contributed by atoms with Gasteiger partial charge in [-0.3, -0.25) is 9.20 Å². The van der Waals surface area contributed by atoms with Crippen LogP contribution in [0.4, 0.5) is 0 Å². The van der Waals surface area contributed by atoms with Crippen molar-refractivity contribution < 1.29 is 4.79 Å². The molecule has 0 bridgehead atoms. The Morgan fingerprint density at radius 2 is 1.85 bits per heavy atom. The summed E-state index contributed by atoms with van der Waals surface area (Å²) in [5.74, 6) is 0.684. The first-order chi connectivity index (χ1) is 13.2. The molecule has 5 heteroatoms. The third kappa shape index (κ3) is 4.06. The molecule has 1 saturated heterocycles. The predicted octanol–water partition coefficient (Wildman–Crippen LogP) is 4.48. The minimum Gasteiger partial charge on any atom is -0.339 e. The highest BCUT2D eigenvalue weighted by Crippen LogP contribution is 2.23. The number of nitrogens with zero attached hydrogens (tertiary/aromatic N) is 3. The molecule has 0 unspecified atom stereocenters. The van der Waals surface area contributed by atoms with Crippen molar-refractivity contribution >= 4 is 29.2 Å². The molecule has 4 rings (SSSR count). The molecule has 0 saturated carbocycles. The van der Waals surface area contributed by atoms with E-state index in [0.29, 0.717) is 11.1 Å². The normalized spacial score (nSPS) is 15.7. The van der Waals surface area contributed by atoms with Crippen LogP contribution in [0.2, 0.25) is 5.15 Å². The summed E-state index contributed by atoms with van der Waals surface area (Å²) in [6, 6.07) is 16.3. The van der Waals surface area contributed by atoms with Crippen LogP contribution >= 0.6 is 11.6 Å². The summed E-state index contributed by atoms with van der Waals surface area (Å²) in [5.41, 5.74) is 2.89. The van der Waals surface area contributed by atoms with E-state index in [9.17, 15) is 4.79 Å². The van der Waals surface area contributed by atoms with Crippen molar-refractivity contribution in [1.82, 2.24) is 14.3 Å². The van der Waals surface area contributed by atoms with E-state index in [1.54, 1.807) is 12.2 Å². The van der Waals surface area contributed by atoms with Gasteiger partial charge in [-0.05, 0) is 49.0 Å². The molecule has 0 aliphatic carbocycles. The van der Waals surface area contributed by atoms with Gasteiger partial charge in [-0.1, -0.05) is 48.0 Å². The molecule has 1 aliphatic rings. The van der Waals surface area contributed by atoms with E-state index in [1.807, 2.05) is 39.8 Å². The average Bonchev–Trinajstić information content (AvgIpc) is 3.02. The number of hydrogen-bond donors (Lipinski definition) is 0. The third-order valence-corrected chi connectivity index (χ3v) is 5.48. The molecule has 0 radical (unpaired) electrons. The molecule has 1 aliphatic heterocycles. The maximum absolute atomic E-state index is 12.6. The number of carbonyl (C=O) groups excluding carboxylic acids is 1. The summed E-state index contributed by atoms with van der Waals surface area (Å²) in [7, 11) is 0. The lowest BCUT2D eigenvalue weighted by Crippen LogP contribution is -2.37. The molecule has 3 heterocycles. The van der Waals surface area contributed by atoms with Gasteiger partial charge in [0.25, 0.3) is 0 Å². The van der Waals surface area contributed by atoms with Gasteiger partial charge in [0.1, 0.15) is 5.65 Å². The first kappa shape index (κ1) is 17.8. The van der Waals surface area contributed by atoms with Gasteiger partial charge in [0.15, 0.2) is 5.15 Å². The summed E-state index contributed by atoms with van der Waals surface area (Å²) in [5, 5.41) is 0.409. The number of pyridine rings is 1. The zero-order valence-corrected chi connectivity index (χ0v) is 15.8. The number of imidazole rings is 1. The number of halogens is 1. The molecule has 3 aromatic rings. The molecular weight excluding hydrogens is 358 g/mol. The molecule has 27 heavy (non-hydrogen) atoms. The van der Waals surface area contributed by atoms with Crippen molar-refractivity contribution in [2.45, 2.75) is 19.3 Å². The van der Waals surface area contributed by atoms with Crippen molar-refractivity contribution in [2.24, 2.45) is 5.92 Å². The van der Waals surface area contributed by atoms with E-state index in [2.05, 4.69) is 29.2 Å². The van der Waals surface area contributed by atoms with Crippen LogP contribution in [-0.2, 0) is 11.2 Å². The summed E-state index contributed by atoms with van der Waals surface area (Å²) < 4.78 is 1.89. The Morgan fingerprint density at radius 3 is 2.63 bits per heavy atom. The number of benzene rings is 1. The second-order valence-electron chi connectivity index (χ2n) is 7.01. The highest BCUT2D eigenvalue weighted by atomic mass is 35.5. The largest absolute Gasteiger partial charge is 0.339 e. The number of aromatic nitrogens is 2. The molecule has 138 valence electrons. The summed E-state index contributed by atoms with van der Waals surface area (Å²) in [4.78, 5) is 18.8. The third-order valence-electron chi connectivity index (χ3n) is 5.20. The van der Waals surface area contributed by atoms with Crippen molar-refractivity contribution in [1.29, 1.82) is 0 Å². The van der Waals surface area contributed by atoms with Crippen LogP contribution in [0, 0.1) is 5.92 Å². The second kappa shape index (κ2) is 7.97. The van der Waals surface area contributed by atoms with Crippen LogP contribution in [0.15, 0.2) is 60.8 Å². The van der Waals surface area contributed by atoms with E-state index in [1.165, 1.54) is 5.56 Å². The van der Waals surface area contributed by atoms with Crippen molar-refractivity contribution in [2.75, 3.05) is 13.1 Å². The molecule has 1 fully saturated rings. The van der Waals surface area contributed by atoms with Gasteiger partial charge in [-0.25, -0.2) is 4.98 Å². The number of fused-ring (bicyclic) bond motifs is 1. The van der Waals surface area contributed by atoms with Gasteiger partial charge >= 0.3 is 0 Å². The lowest BCUT2D eigenvalue weighted by molar-refractivity contribution is -0.127. The molecule has 4 nitrogen and oxygen atoms in total. The summed E-state index contributed by atoms with van der Waals surface area (Å²) >= 11 is 6.22. The fourth-order valence-electron chi connectivity index (χ4n) is 3.70. The van der Waals surface area contributed by atoms with Crippen LogP contribution in [0.1, 0.15) is 24.1 Å². The highest BCUT2D eigenvalue weighted by Gasteiger charge is 2.21. The summed E-state index contributed by atoms with van der Waals surface area (Å²) in [6.45, 7) is 1.61. The SMILES string of the molecule is O=C(/C=C/c1c(Cl)nc2ccccn12)N1CCC(Cc2ccccc2)CC1. The molecule has 1 aromatic carbocycles. The fraction of sp³-hybridized carbons (Fsp3) is 0.273. The average molecular weight is 380 g/mol. The van der Waals surface area contributed by atoms with Crippen molar-refractivity contribution in [3.8, 4) is 0 Å². The van der Waals surface area contributed by atoms with E-state index < -0.39 is 0 Å². The van der Waals surface area contributed by atoms with E-state index >= 15 is 0 Å². The summed E-state index contributed by atoms with van der Waals surface area (Å²) in [6.07, 6.45) is 8.46. The maximum atomic E-state index is 12.6. The maximum Gasteiger partial charge on any atom is 0.246 e. The van der Waals surface area contributed by atoms with E-state index in [-0.39, 0.29) is 5.91 Å². The van der Waals surface area contributed by atoms with E-state index in [0.717, 1.165) is 43.7 Å². The number of rotatable bonds is 4. The van der Waals surface area contributed by atoms with Gasteiger partial charge in [0.2, 0.25) is 5.91 Å². The Bertz CT molecular complexity index is 956. The van der Waals surface area contributed by atoms with Crippen molar-refractivity contribution in [3.05, 3.63) is 77.2 Å². The Labute approximate surface area is 164 Å². The minimum atomic E-state index is 0.0371. The highest BCUT2D eigenvalue weighted by molar-refractivity contribution is 6.31. The minimum absolute atomic E-state index is 0.0371. The molecule has 2 aromatic heterocycles. The zero-order chi connectivity index (χ0) is 18.6. The lowest BCUT2D eigenvalue weighted by Gasteiger charge is -2.31. The zero-order valence-electron chi connectivity index (χ0n) is 15.1. The Balaban J connectivity index is 1.37. The molecule has 0 spiro atoms. The number of likely N-dealkylation sites (tertiary alicyclic amines) is 1. The van der Waals surface area contributed by atoms with Crippen LogP contribution < -0.4 is 0 Å². The van der Waals surface area contributed by atoms with Gasteiger partial charge in [0.05, 0.1) is 5.69 Å². The standard InChI is InChI=1S/C22H22ClN3O/c23-22-19(26-13-5-4-8-20(26)24-22)9-10-21(27)25-14-11-18(12-15-25)16-17-6-2-1-3-7-17/h1-10,13,18H,11-12,14-16H2/b10-9+. The Morgan fingerprint density at radius 1 is 1.11 bits per heavy atom. The van der Waals surface area contributed by atoms with Crippen LogP contribution in [0.5, 0.6) is 0 Å². The van der Waals surface area contributed by atoms with Crippen LogP contribution in [0.25, 0.3) is 11.7 Å². The number of carbonyl (C=O) groups is 1. The number of piperidine rings is 1. The number of amides is 1. The monoisotopic (exact) mass is 379 g/mol. The van der Waals surface area contributed by atoms with Gasteiger partial charge in [-0.2, -0.15) is 0 Å². The second-order valence-corrected chi connectivity index (χ2v) is 7.37. The van der Waals surface area contributed by atoms with Crippen LogP contribution in [-0.4, -0.2) is 33.3 Å². The Hall–Kier alpha value is -2.59. The predicted molar refractivity (Wildman–Crippen MR) is 109 cm³/mol. The lowest BCUT2D eigenvalue weighted by atomic mass is 9.90. The van der Waals surface area contributed by atoms with Gasteiger partial charge in [0, 0.05) is 25.4 Å². The quantitative estimate of drug-likeness (QED) is 0.627. The first-order valence-electron chi connectivity index (χ1n) is 9.34. The van der Waals surface area contributed by atoms with E-state index in [4.69, 9.17) is 11.6 Å². The Kier molecular flexibility index (Phi) is 5.26. The number of hydrogen-bond acceptors (Lipinski definition) is 2. The topological polar surface area (TPSA) is 37.6 Å². The van der Waals surface area contributed by atoms with Crippen LogP contribution in [0.3, 0.4) is 0 Å². The fourth-order valence-corrected chi connectivity index (χ4v) is 3.94. The molecule has 1 amide bonds. The molecular formula is C22H22ClN3O. The smallest absolute Gasteiger partial charge is 0.246 e. The molecule has 0 N–H and O–H groups in total. The first-order valence-corrected chi connectivity index (χ1v) is 9.72. The van der Waals surface area contributed by atoms with Crippen molar-refractivity contribution in [3.63, 3.8) is 0 Å². The van der Waals surface area contributed by atoms with Gasteiger partial charge < -0.3 is 4.90 Å². The molecule has 0 atom stereocenters.